The minimum Gasteiger partial charge on any atom is -0.544 e. The number of likely N-dealkylation sites (N-methyl/N-ethyl adjacent to an activating group) is 2. The monoisotopic (exact) mass is 575 g/mol. The van der Waals surface area contributed by atoms with Crippen LogP contribution in [0.3, 0.4) is 0 Å². The lowest BCUT2D eigenvalue weighted by atomic mass is 10.0. The number of carbonyl (C=O) groups is 3. The van der Waals surface area contributed by atoms with Gasteiger partial charge in [0.05, 0.1) is 33.2 Å². The highest BCUT2D eigenvalue weighted by Crippen LogP contribution is 2.12. The zero-order valence-electron chi connectivity index (χ0n) is 26.5. The summed E-state index contributed by atoms with van der Waals surface area (Å²) in [6.07, 6.45) is 18.6. The van der Waals surface area contributed by atoms with Crippen LogP contribution in [0.1, 0.15) is 110 Å². The van der Waals surface area contributed by atoms with Crippen molar-refractivity contribution >= 4 is 17.9 Å². The van der Waals surface area contributed by atoms with Crippen LogP contribution in [0, 0.1) is 0 Å². The summed E-state index contributed by atoms with van der Waals surface area (Å²) in [5.41, 5.74) is 4.42. The number of quaternary nitrogens is 1. The Balaban J connectivity index is -0.000000598. The number of allylic oxidation sites excluding steroid dienone is 1. The number of hydrogen-bond acceptors (Lipinski definition) is 7. The summed E-state index contributed by atoms with van der Waals surface area (Å²) >= 11 is 0. The van der Waals surface area contributed by atoms with Crippen LogP contribution in [0.4, 0.5) is 0 Å². The molecule has 0 rings (SSSR count). The van der Waals surface area contributed by atoms with Crippen molar-refractivity contribution in [2.24, 2.45) is 5.73 Å². The average molecular weight is 576 g/mol. The maximum absolute atomic E-state index is 10.7. The van der Waals surface area contributed by atoms with Crippen molar-refractivity contribution < 1.29 is 39.3 Å². The summed E-state index contributed by atoms with van der Waals surface area (Å²) in [5, 5.41) is 37.0. The molecule has 0 bridgehead atoms. The Kier molecular flexibility index (Phi) is 27.5. The van der Waals surface area contributed by atoms with Crippen LogP contribution in [-0.4, -0.2) is 96.2 Å². The fourth-order valence-corrected chi connectivity index (χ4v) is 3.65. The number of rotatable bonds is 21. The molecule has 0 fully saturated rings. The number of nitrogens with two attached hydrogens (primary N) is 1. The van der Waals surface area contributed by atoms with Gasteiger partial charge in [-0.15, -0.1) is 0 Å². The quantitative estimate of drug-likeness (QED) is 0.0692. The molecular formula is C30H61N3O7. The van der Waals surface area contributed by atoms with E-state index in [1.54, 1.807) is 35.2 Å². The van der Waals surface area contributed by atoms with Gasteiger partial charge in [-0.2, -0.15) is 0 Å². The molecular weight excluding hydrogens is 514 g/mol. The van der Waals surface area contributed by atoms with Crippen LogP contribution in [0.2, 0.25) is 0 Å². The van der Waals surface area contributed by atoms with Gasteiger partial charge in [-0.25, -0.2) is 4.79 Å². The number of carboxylic acids is 3. The van der Waals surface area contributed by atoms with E-state index in [-0.39, 0.29) is 12.6 Å². The number of aliphatic hydroxyl groups excluding tert-OH is 1. The first-order chi connectivity index (χ1) is 18.5. The number of carbonyl (C=O) groups excluding carboxylic acids is 1. The summed E-state index contributed by atoms with van der Waals surface area (Å²) < 4.78 is 0.419. The van der Waals surface area contributed by atoms with Crippen molar-refractivity contribution in [1.82, 2.24) is 4.90 Å². The highest BCUT2D eigenvalue weighted by Gasteiger charge is 2.35. The highest BCUT2D eigenvalue weighted by atomic mass is 16.4. The topological polar surface area (TPSA) is 164 Å². The smallest absolute Gasteiger partial charge is 0.338 e. The van der Waals surface area contributed by atoms with E-state index in [2.05, 4.69) is 19.1 Å². The lowest BCUT2D eigenvalue weighted by molar-refractivity contribution is -0.864. The Hall–Kier alpha value is -2.01. The predicted octanol–water partition coefficient (Wildman–Crippen LogP) is 3.61. The summed E-state index contributed by atoms with van der Waals surface area (Å²) in [5.74, 6) is -2.66. The van der Waals surface area contributed by atoms with Crippen LogP contribution >= 0.6 is 0 Å². The molecule has 0 heterocycles. The van der Waals surface area contributed by atoms with E-state index in [1.165, 1.54) is 30.6 Å². The second kappa shape index (κ2) is 25.9. The minimum absolute atomic E-state index is 0.0694. The SMILES string of the molecule is CCCC(N)(C(=O)O)N(C)C.CCCCCC[C@@H](O)C/C=C\CCCCCCCC(=O)O.C[N+](C)(C)CC(=O)[O-]. The predicted molar refractivity (Wildman–Crippen MR) is 160 cm³/mol. The molecule has 238 valence electrons. The Morgan fingerprint density at radius 3 is 1.85 bits per heavy atom. The number of carboxylic acid groups (broad SMARTS) is 3. The molecule has 40 heavy (non-hydrogen) atoms. The van der Waals surface area contributed by atoms with E-state index in [4.69, 9.17) is 15.9 Å². The molecule has 2 atom stereocenters. The molecule has 0 amide bonds. The molecule has 10 heteroatoms. The lowest BCUT2D eigenvalue weighted by Gasteiger charge is -2.31. The Morgan fingerprint density at radius 2 is 1.45 bits per heavy atom. The Morgan fingerprint density at radius 1 is 0.900 bits per heavy atom. The molecule has 0 saturated carbocycles. The molecule has 0 aliphatic rings. The highest BCUT2D eigenvalue weighted by molar-refractivity contribution is 5.77. The van der Waals surface area contributed by atoms with Gasteiger partial charge in [0.2, 0.25) is 0 Å². The van der Waals surface area contributed by atoms with E-state index < -0.39 is 23.6 Å². The maximum atomic E-state index is 10.7. The first-order valence-corrected chi connectivity index (χ1v) is 14.8. The lowest BCUT2D eigenvalue weighted by Crippen LogP contribution is -2.58. The second-order valence-electron chi connectivity index (χ2n) is 11.6. The van der Waals surface area contributed by atoms with Gasteiger partial charge in [0.15, 0.2) is 5.66 Å². The molecule has 0 aromatic rings. The molecule has 0 aromatic heterocycles. The van der Waals surface area contributed by atoms with Gasteiger partial charge in [-0.1, -0.05) is 77.4 Å². The van der Waals surface area contributed by atoms with Crippen LogP contribution in [0.5, 0.6) is 0 Å². The van der Waals surface area contributed by atoms with E-state index in [0.717, 1.165) is 57.8 Å². The Labute approximate surface area is 243 Å². The van der Waals surface area contributed by atoms with Gasteiger partial charge in [-0.3, -0.25) is 9.69 Å². The van der Waals surface area contributed by atoms with Gasteiger partial charge in [0.1, 0.15) is 6.54 Å². The maximum Gasteiger partial charge on any atom is 0.338 e. The third-order valence-corrected chi connectivity index (χ3v) is 6.13. The summed E-state index contributed by atoms with van der Waals surface area (Å²) in [4.78, 5) is 32.4. The number of nitrogens with zero attached hydrogens (tertiary/aromatic N) is 2. The number of unbranched alkanes of at least 4 members (excludes halogenated alkanes) is 8. The van der Waals surface area contributed by atoms with Crippen molar-refractivity contribution in [3.05, 3.63) is 12.2 Å². The standard InChI is InChI=1S/C18H34O3.C7H16N2O2.C5H11NO2/c1-2-3-4-11-14-17(19)15-12-9-7-5-6-8-10-13-16-18(20)21;1-4-5-7(8,6(10)11)9(2)3;1-6(2,3)4-5(7)8/h9,12,17,19H,2-8,10-11,13-16H2,1H3,(H,20,21);4-5,8H2,1-3H3,(H,10,11);4H2,1-3H3/b12-9-;;/t17-;;/m1../s1. The molecule has 0 radical (unpaired) electrons. The van der Waals surface area contributed by atoms with Crippen molar-refractivity contribution in [3.8, 4) is 0 Å². The summed E-state index contributed by atoms with van der Waals surface area (Å²) in [7, 11) is 8.75. The third kappa shape index (κ3) is 30.5. The summed E-state index contributed by atoms with van der Waals surface area (Å²) in [6.45, 7) is 4.18. The second-order valence-corrected chi connectivity index (χ2v) is 11.6. The summed E-state index contributed by atoms with van der Waals surface area (Å²) in [6, 6.07) is 0. The van der Waals surface area contributed by atoms with Crippen molar-refractivity contribution in [2.45, 2.75) is 122 Å². The number of hydrogen-bond donors (Lipinski definition) is 4. The molecule has 0 saturated heterocycles. The van der Waals surface area contributed by atoms with Crippen molar-refractivity contribution in [2.75, 3.05) is 41.8 Å². The van der Waals surface area contributed by atoms with Crippen LogP contribution in [0.15, 0.2) is 12.2 Å². The van der Waals surface area contributed by atoms with Crippen molar-refractivity contribution in [1.29, 1.82) is 0 Å². The Bertz CT molecular complexity index is 679. The first-order valence-electron chi connectivity index (χ1n) is 14.8. The van der Waals surface area contributed by atoms with E-state index >= 15 is 0 Å². The van der Waals surface area contributed by atoms with Crippen LogP contribution in [-0.2, 0) is 14.4 Å². The number of aliphatic hydroxyl groups is 1. The zero-order chi connectivity index (χ0) is 31.6. The number of aliphatic carboxylic acids is 3. The zero-order valence-corrected chi connectivity index (χ0v) is 26.5. The molecule has 1 unspecified atom stereocenters. The van der Waals surface area contributed by atoms with Gasteiger partial charge < -0.3 is 35.4 Å². The third-order valence-electron chi connectivity index (χ3n) is 6.13. The van der Waals surface area contributed by atoms with E-state index in [0.29, 0.717) is 17.3 Å². The molecule has 0 aliphatic heterocycles. The molecule has 5 N–H and O–H groups in total. The fraction of sp³-hybridized carbons (Fsp3) is 0.833. The van der Waals surface area contributed by atoms with Gasteiger partial charge in [-0.05, 0) is 52.6 Å². The van der Waals surface area contributed by atoms with Crippen LogP contribution < -0.4 is 10.8 Å². The first kappa shape index (κ1) is 42.5. The van der Waals surface area contributed by atoms with Gasteiger partial charge in [0.25, 0.3) is 0 Å². The van der Waals surface area contributed by atoms with E-state index in [9.17, 15) is 24.6 Å². The van der Waals surface area contributed by atoms with Gasteiger partial charge in [0, 0.05) is 6.42 Å². The van der Waals surface area contributed by atoms with E-state index in [1.807, 2.05) is 6.92 Å². The molecule has 0 aliphatic carbocycles. The van der Waals surface area contributed by atoms with Crippen LogP contribution in [0.25, 0.3) is 0 Å². The minimum atomic E-state index is -1.20. The molecule has 10 nitrogen and oxygen atoms in total. The largest absolute Gasteiger partial charge is 0.544 e. The normalized spacial score (nSPS) is 13.6. The fourth-order valence-electron chi connectivity index (χ4n) is 3.65. The molecule has 0 aromatic carbocycles. The molecule has 0 spiro atoms. The van der Waals surface area contributed by atoms with Crippen molar-refractivity contribution in [3.63, 3.8) is 0 Å². The average Bonchev–Trinajstić information content (AvgIpc) is 2.82. The van der Waals surface area contributed by atoms with Gasteiger partial charge >= 0.3 is 11.9 Å².